The van der Waals surface area contributed by atoms with Crippen molar-refractivity contribution in [3.8, 4) is 23.0 Å². The molecule has 0 heterocycles. The first-order chi connectivity index (χ1) is 18.8. The lowest BCUT2D eigenvalue weighted by Gasteiger charge is -2.19. The van der Waals surface area contributed by atoms with Gasteiger partial charge in [0.05, 0.1) is 39.6 Å². The van der Waals surface area contributed by atoms with E-state index in [1.54, 1.807) is 63.8 Å². The minimum absolute atomic E-state index is 0.00685. The van der Waals surface area contributed by atoms with Gasteiger partial charge in [-0.3, -0.25) is 14.5 Å². The van der Waals surface area contributed by atoms with Gasteiger partial charge in [-0.2, -0.15) is 0 Å². The number of allylic oxidation sites excluding steroid dienone is 1. The van der Waals surface area contributed by atoms with E-state index < -0.39 is 0 Å². The fourth-order valence-electron chi connectivity index (χ4n) is 3.41. The van der Waals surface area contributed by atoms with Crippen LogP contribution in [0.15, 0.2) is 36.5 Å². The van der Waals surface area contributed by atoms with Crippen molar-refractivity contribution in [1.82, 2.24) is 9.80 Å². The summed E-state index contributed by atoms with van der Waals surface area (Å²) in [5, 5.41) is 0. The van der Waals surface area contributed by atoms with Gasteiger partial charge in [-0.1, -0.05) is 0 Å². The van der Waals surface area contributed by atoms with Crippen molar-refractivity contribution in [2.24, 2.45) is 0 Å². The molecule has 0 unspecified atom stereocenters. The maximum atomic E-state index is 12.0. The van der Waals surface area contributed by atoms with E-state index >= 15 is 0 Å². The Morgan fingerprint density at radius 3 is 1.38 bits per heavy atom. The first kappa shape index (κ1) is 36.4. The summed E-state index contributed by atoms with van der Waals surface area (Å²) < 4.78 is 30.4. The SMILES string of the molecule is COC(OC)N(C)C.COc1cc(OC)c(C(=O)/C=C/N(C)C)cc1C.COc1cc(OC)c(C(C)=O)cc1C. The molecule has 40 heavy (non-hydrogen) atoms. The van der Waals surface area contributed by atoms with Crippen molar-refractivity contribution in [2.75, 3.05) is 70.8 Å². The van der Waals surface area contributed by atoms with Gasteiger partial charge in [-0.05, 0) is 58.1 Å². The molecule has 0 aliphatic carbocycles. The van der Waals surface area contributed by atoms with Crippen LogP contribution in [0.1, 0.15) is 38.8 Å². The molecule has 224 valence electrons. The molecule has 0 aromatic heterocycles. The first-order valence-electron chi connectivity index (χ1n) is 12.4. The molecule has 0 radical (unpaired) electrons. The molecule has 0 atom stereocenters. The number of carbonyl (C=O) groups is 2. The quantitative estimate of drug-likeness (QED) is 0.219. The van der Waals surface area contributed by atoms with Crippen LogP contribution in [0, 0.1) is 13.8 Å². The minimum atomic E-state index is -0.213. The van der Waals surface area contributed by atoms with Crippen LogP contribution in [0.4, 0.5) is 0 Å². The third-order valence-electron chi connectivity index (χ3n) is 5.43. The van der Waals surface area contributed by atoms with Crippen LogP contribution in [0.2, 0.25) is 0 Å². The van der Waals surface area contributed by atoms with Gasteiger partial charge >= 0.3 is 0 Å². The standard InChI is InChI=1S/C14H19NO3.C11H14O3.C5H13NO2/c1-10-8-11(12(16)6-7-15(2)3)14(18-5)9-13(10)17-4;1-7-5-9(8(2)12)11(14-4)6-10(7)13-3;1-6(2)5(7-3)8-4/h6-9H,1-5H3;5-6H,1-4H3;5H,1-4H3/b7-6+;;. The van der Waals surface area contributed by atoms with Crippen molar-refractivity contribution >= 4 is 11.6 Å². The zero-order chi connectivity index (χ0) is 31.0. The molecule has 0 saturated carbocycles. The van der Waals surface area contributed by atoms with Gasteiger partial charge in [-0.15, -0.1) is 0 Å². The molecule has 0 spiro atoms. The van der Waals surface area contributed by atoms with Gasteiger partial charge in [0.15, 0.2) is 11.6 Å². The third kappa shape index (κ3) is 11.6. The number of ketones is 2. The Morgan fingerprint density at radius 1 is 0.675 bits per heavy atom. The lowest BCUT2D eigenvalue weighted by Crippen LogP contribution is -2.30. The molecular formula is C30H46N2O8. The second-order valence-corrected chi connectivity index (χ2v) is 8.99. The highest BCUT2D eigenvalue weighted by Crippen LogP contribution is 2.29. The van der Waals surface area contributed by atoms with E-state index in [0.717, 1.165) is 16.9 Å². The van der Waals surface area contributed by atoms with Crippen LogP contribution >= 0.6 is 0 Å². The number of aryl methyl sites for hydroxylation is 2. The number of rotatable bonds is 11. The van der Waals surface area contributed by atoms with Gasteiger partial charge in [-0.25, -0.2) is 0 Å². The number of methoxy groups -OCH3 is 6. The molecule has 0 N–H and O–H groups in total. The zero-order valence-corrected chi connectivity index (χ0v) is 26.2. The van der Waals surface area contributed by atoms with Crippen molar-refractivity contribution in [3.05, 3.63) is 58.8 Å². The molecule has 2 aromatic carbocycles. The van der Waals surface area contributed by atoms with Crippen LogP contribution in [0.5, 0.6) is 23.0 Å². The lowest BCUT2D eigenvalue weighted by molar-refractivity contribution is -0.179. The molecule has 10 heteroatoms. The summed E-state index contributed by atoms with van der Waals surface area (Å²) in [7, 11) is 17.0. The lowest BCUT2D eigenvalue weighted by atomic mass is 10.1. The predicted molar refractivity (Wildman–Crippen MR) is 157 cm³/mol. The van der Waals surface area contributed by atoms with Crippen LogP contribution in [0.25, 0.3) is 0 Å². The fourth-order valence-corrected chi connectivity index (χ4v) is 3.41. The van der Waals surface area contributed by atoms with Crippen molar-refractivity contribution in [2.45, 2.75) is 27.2 Å². The molecule has 0 aliphatic rings. The van der Waals surface area contributed by atoms with E-state index in [-0.39, 0.29) is 18.0 Å². The number of Topliss-reactive ketones (excluding diaryl/α,β-unsaturated/α-hetero) is 1. The largest absolute Gasteiger partial charge is 0.496 e. The number of hydrogen-bond acceptors (Lipinski definition) is 10. The normalized spacial score (nSPS) is 10.4. The summed E-state index contributed by atoms with van der Waals surface area (Å²) in [6, 6.07) is 7.01. The molecule has 10 nitrogen and oxygen atoms in total. The Bertz CT molecular complexity index is 1110. The van der Waals surface area contributed by atoms with Crippen LogP contribution in [-0.4, -0.2) is 98.6 Å². The fraction of sp³-hybridized carbons (Fsp3) is 0.467. The van der Waals surface area contributed by atoms with Crippen molar-refractivity contribution in [3.63, 3.8) is 0 Å². The van der Waals surface area contributed by atoms with Gasteiger partial charge in [0.25, 0.3) is 0 Å². The van der Waals surface area contributed by atoms with Gasteiger partial charge < -0.3 is 33.3 Å². The number of carbonyl (C=O) groups excluding carboxylic acids is 2. The van der Waals surface area contributed by atoms with E-state index in [1.807, 2.05) is 46.9 Å². The summed E-state index contributed by atoms with van der Waals surface area (Å²) >= 11 is 0. The molecule has 0 bridgehead atoms. The number of benzene rings is 2. The van der Waals surface area contributed by atoms with Gasteiger partial charge in [0.2, 0.25) is 6.41 Å². The molecule has 0 amide bonds. The highest BCUT2D eigenvalue weighted by Gasteiger charge is 2.14. The van der Waals surface area contributed by atoms with E-state index in [0.29, 0.717) is 28.4 Å². The Kier molecular flexibility index (Phi) is 17.0. The van der Waals surface area contributed by atoms with E-state index in [9.17, 15) is 9.59 Å². The Hall–Kier alpha value is -3.60. The summed E-state index contributed by atoms with van der Waals surface area (Å²) in [6.45, 7) is 5.30. The highest BCUT2D eigenvalue weighted by molar-refractivity contribution is 6.06. The third-order valence-corrected chi connectivity index (χ3v) is 5.43. The summed E-state index contributed by atoms with van der Waals surface area (Å²) in [5.41, 5.74) is 2.96. The smallest absolute Gasteiger partial charge is 0.217 e. The average Bonchev–Trinajstić information content (AvgIpc) is 2.92. The summed E-state index contributed by atoms with van der Waals surface area (Å²) in [4.78, 5) is 26.9. The van der Waals surface area contributed by atoms with E-state index in [4.69, 9.17) is 28.4 Å². The van der Waals surface area contributed by atoms with Gasteiger partial charge in [0.1, 0.15) is 23.0 Å². The second kappa shape index (κ2) is 18.6. The molecule has 0 saturated heterocycles. The van der Waals surface area contributed by atoms with Crippen molar-refractivity contribution in [1.29, 1.82) is 0 Å². The zero-order valence-electron chi connectivity index (χ0n) is 26.2. The molecule has 0 fully saturated rings. The topological polar surface area (TPSA) is 96.0 Å². The maximum absolute atomic E-state index is 12.0. The van der Waals surface area contributed by atoms with Gasteiger partial charge in [0, 0.05) is 52.7 Å². The molecule has 0 aliphatic heterocycles. The average molecular weight is 563 g/mol. The Balaban J connectivity index is 0.000000614. The predicted octanol–water partition coefficient (Wildman–Crippen LogP) is 4.61. The highest BCUT2D eigenvalue weighted by atomic mass is 16.7. The van der Waals surface area contributed by atoms with Crippen molar-refractivity contribution < 1.29 is 38.0 Å². The second-order valence-electron chi connectivity index (χ2n) is 8.99. The number of ether oxygens (including phenoxy) is 6. The number of hydrogen-bond donors (Lipinski definition) is 0. The maximum Gasteiger partial charge on any atom is 0.217 e. The number of nitrogens with zero attached hydrogens (tertiary/aromatic N) is 2. The van der Waals surface area contributed by atoms with E-state index in [1.165, 1.54) is 27.2 Å². The molecule has 2 rings (SSSR count). The Morgan fingerprint density at radius 2 is 1.07 bits per heavy atom. The molecule has 2 aromatic rings. The van der Waals surface area contributed by atoms with Crippen LogP contribution in [-0.2, 0) is 9.47 Å². The molecular weight excluding hydrogens is 516 g/mol. The Labute approximate surface area is 239 Å². The monoisotopic (exact) mass is 562 g/mol. The summed E-state index contributed by atoms with van der Waals surface area (Å²) in [6.07, 6.45) is 3.01. The summed E-state index contributed by atoms with van der Waals surface area (Å²) in [5.74, 6) is 2.41. The minimum Gasteiger partial charge on any atom is -0.496 e. The van der Waals surface area contributed by atoms with Crippen LogP contribution in [0.3, 0.4) is 0 Å². The van der Waals surface area contributed by atoms with E-state index in [2.05, 4.69) is 0 Å². The van der Waals surface area contributed by atoms with Crippen LogP contribution < -0.4 is 18.9 Å². The first-order valence-corrected chi connectivity index (χ1v) is 12.4.